The molecule has 2 unspecified atom stereocenters. The summed E-state index contributed by atoms with van der Waals surface area (Å²) in [7, 11) is 0. The average Bonchev–Trinajstić information content (AvgIpc) is 2.72. The third-order valence-corrected chi connectivity index (χ3v) is 4.42. The van der Waals surface area contributed by atoms with Crippen LogP contribution in [0.25, 0.3) is 0 Å². The van der Waals surface area contributed by atoms with Gasteiger partial charge < -0.3 is 4.90 Å². The molecule has 0 radical (unpaired) electrons. The summed E-state index contributed by atoms with van der Waals surface area (Å²) >= 11 is 0. The third kappa shape index (κ3) is 2.04. The van der Waals surface area contributed by atoms with Gasteiger partial charge in [0, 0.05) is 12.0 Å². The van der Waals surface area contributed by atoms with Gasteiger partial charge in [-0.1, -0.05) is 19.1 Å². The first kappa shape index (κ1) is 13.8. The van der Waals surface area contributed by atoms with Gasteiger partial charge in [-0.2, -0.15) is 0 Å². The Balaban J connectivity index is 1.98. The summed E-state index contributed by atoms with van der Waals surface area (Å²) in [6.07, 6.45) is 1.53. The second kappa shape index (κ2) is 4.98. The molecule has 0 aromatic heterocycles. The van der Waals surface area contributed by atoms with Crippen LogP contribution >= 0.6 is 0 Å². The van der Waals surface area contributed by atoms with Crippen molar-refractivity contribution in [1.29, 1.82) is 0 Å². The molecule has 2 aliphatic heterocycles. The Bertz CT molecular complexity index is 638. The summed E-state index contributed by atoms with van der Waals surface area (Å²) in [4.78, 5) is 37.6. The van der Waals surface area contributed by atoms with Crippen molar-refractivity contribution in [3.63, 3.8) is 0 Å². The number of fused-ring (bicyclic) bond motifs is 1. The summed E-state index contributed by atoms with van der Waals surface area (Å²) in [6.45, 7) is 4.01. The molecule has 2 heterocycles. The number of carbonyl (C=O) groups excluding carboxylic acids is 3. The number of hydrogen-bond acceptors (Lipinski definition) is 3. The number of imide groups is 1. The van der Waals surface area contributed by atoms with E-state index in [2.05, 4.69) is 12.2 Å². The number of amides is 3. The maximum atomic E-state index is 12.7. The van der Waals surface area contributed by atoms with Gasteiger partial charge in [-0.15, -0.1) is 0 Å². The standard InChI is InChI=1S/C16H18N2O3/c1-3-10-5-4-6-11-14(10)9(2)18(16(11)21)12-7-8-13(19)17-15(12)20/h4-6,9,12H,3,7-8H2,1-2H3,(H,17,19,20). The summed E-state index contributed by atoms with van der Waals surface area (Å²) in [5.74, 6) is -0.734. The van der Waals surface area contributed by atoms with Gasteiger partial charge in [-0.05, 0) is 37.0 Å². The first-order valence-electron chi connectivity index (χ1n) is 7.32. The highest BCUT2D eigenvalue weighted by atomic mass is 16.2. The summed E-state index contributed by atoms with van der Waals surface area (Å²) < 4.78 is 0. The predicted octanol–water partition coefficient (Wildman–Crippen LogP) is 1.57. The Morgan fingerprint density at radius 2 is 2.05 bits per heavy atom. The molecule has 1 fully saturated rings. The number of rotatable bonds is 2. The van der Waals surface area contributed by atoms with Crippen LogP contribution in [0.2, 0.25) is 0 Å². The zero-order valence-corrected chi connectivity index (χ0v) is 12.2. The molecule has 0 spiro atoms. The van der Waals surface area contributed by atoms with Crippen molar-refractivity contribution in [3.8, 4) is 0 Å². The molecule has 0 aliphatic carbocycles. The van der Waals surface area contributed by atoms with Crippen molar-refractivity contribution in [2.45, 2.75) is 45.2 Å². The largest absolute Gasteiger partial charge is 0.320 e. The number of carbonyl (C=O) groups is 3. The predicted molar refractivity (Wildman–Crippen MR) is 76.6 cm³/mol. The van der Waals surface area contributed by atoms with Crippen LogP contribution in [0.1, 0.15) is 54.2 Å². The van der Waals surface area contributed by atoms with E-state index in [9.17, 15) is 14.4 Å². The van der Waals surface area contributed by atoms with Crippen molar-refractivity contribution >= 4 is 17.7 Å². The second-order valence-electron chi connectivity index (χ2n) is 5.59. The highest BCUT2D eigenvalue weighted by Crippen LogP contribution is 2.38. The summed E-state index contributed by atoms with van der Waals surface area (Å²) in [5.41, 5.74) is 2.85. The van der Waals surface area contributed by atoms with Crippen LogP contribution in [0.4, 0.5) is 0 Å². The molecule has 1 aromatic rings. The minimum Gasteiger partial charge on any atom is -0.320 e. The summed E-state index contributed by atoms with van der Waals surface area (Å²) in [6, 6.07) is 5.04. The van der Waals surface area contributed by atoms with E-state index < -0.39 is 6.04 Å². The minimum atomic E-state index is -0.553. The number of nitrogens with zero attached hydrogens (tertiary/aromatic N) is 1. The minimum absolute atomic E-state index is 0.109. The molecular weight excluding hydrogens is 268 g/mol. The van der Waals surface area contributed by atoms with Crippen LogP contribution in [-0.2, 0) is 16.0 Å². The molecule has 5 nitrogen and oxygen atoms in total. The molecule has 5 heteroatoms. The van der Waals surface area contributed by atoms with Gasteiger partial charge in [0.1, 0.15) is 6.04 Å². The number of hydrogen-bond donors (Lipinski definition) is 1. The molecule has 1 N–H and O–H groups in total. The van der Waals surface area contributed by atoms with Crippen molar-refractivity contribution in [2.24, 2.45) is 0 Å². The zero-order chi connectivity index (χ0) is 15.1. The molecule has 2 atom stereocenters. The SMILES string of the molecule is CCc1cccc2c1C(C)N(C1CCC(=O)NC1=O)C2=O. The van der Waals surface area contributed by atoms with E-state index in [1.807, 2.05) is 25.1 Å². The van der Waals surface area contributed by atoms with Crippen LogP contribution in [0.15, 0.2) is 18.2 Å². The Hall–Kier alpha value is -2.17. The maximum Gasteiger partial charge on any atom is 0.255 e. The van der Waals surface area contributed by atoms with Crippen LogP contribution in [0, 0.1) is 0 Å². The van der Waals surface area contributed by atoms with E-state index in [1.54, 1.807) is 4.90 Å². The fourth-order valence-electron chi connectivity index (χ4n) is 3.41. The Morgan fingerprint density at radius 1 is 1.29 bits per heavy atom. The molecule has 0 bridgehead atoms. The van der Waals surface area contributed by atoms with E-state index >= 15 is 0 Å². The van der Waals surface area contributed by atoms with Gasteiger partial charge in [0.05, 0.1) is 6.04 Å². The van der Waals surface area contributed by atoms with Crippen LogP contribution < -0.4 is 5.32 Å². The molecule has 0 saturated carbocycles. The van der Waals surface area contributed by atoms with Gasteiger partial charge in [0.15, 0.2) is 0 Å². The fourth-order valence-corrected chi connectivity index (χ4v) is 3.41. The Labute approximate surface area is 123 Å². The zero-order valence-electron chi connectivity index (χ0n) is 12.2. The summed E-state index contributed by atoms with van der Waals surface area (Å²) in [5, 5.41) is 2.33. The molecule has 1 saturated heterocycles. The van der Waals surface area contributed by atoms with Crippen molar-refractivity contribution in [3.05, 3.63) is 34.9 Å². The lowest BCUT2D eigenvalue weighted by Crippen LogP contribution is -2.53. The van der Waals surface area contributed by atoms with Crippen molar-refractivity contribution in [1.82, 2.24) is 10.2 Å². The normalized spacial score (nSPS) is 25.0. The van der Waals surface area contributed by atoms with Gasteiger partial charge in [0.2, 0.25) is 11.8 Å². The van der Waals surface area contributed by atoms with E-state index in [-0.39, 0.29) is 30.2 Å². The monoisotopic (exact) mass is 286 g/mol. The Morgan fingerprint density at radius 3 is 2.71 bits per heavy atom. The molecule has 2 aliphatic rings. The van der Waals surface area contributed by atoms with Crippen LogP contribution in [0.5, 0.6) is 0 Å². The van der Waals surface area contributed by atoms with Crippen LogP contribution in [-0.4, -0.2) is 28.7 Å². The van der Waals surface area contributed by atoms with Gasteiger partial charge in [-0.3, -0.25) is 19.7 Å². The lowest BCUT2D eigenvalue weighted by Gasteiger charge is -2.33. The van der Waals surface area contributed by atoms with Gasteiger partial charge >= 0.3 is 0 Å². The molecule has 21 heavy (non-hydrogen) atoms. The van der Waals surface area contributed by atoms with E-state index in [4.69, 9.17) is 0 Å². The van der Waals surface area contributed by atoms with Gasteiger partial charge in [0.25, 0.3) is 5.91 Å². The van der Waals surface area contributed by atoms with Crippen molar-refractivity contribution in [2.75, 3.05) is 0 Å². The number of piperidine rings is 1. The first-order valence-corrected chi connectivity index (χ1v) is 7.32. The van der Waals surface area contributed by atoms with Crippen molar-refractivity contribution < 1.29 is 14.4 Å². The van der Waals surface area contributed by atoms with E-state index in [0.29, 0.717) is 12.0 Å². The second-order valence-corrected chi connectivity index (χ2v) is 5.59. The van der Waals surface area contributed by atoms with E-state index in [0.717, 1.165) is 17.5 Å². The molecular formula is C16H18N2O3. The number of nitrogens with one attached hydrogen (secondary N) is 1. The topological polar surface area (TPSA) is 66.5 Å². The quantitative estimate of drug-likeness (QED) is 0.839. The highest BCUT2D eigenvalue weighted by Gasteiger charge is 2.43. The maximum absolute atomic E-state index is 12.7. The molecule has 1 aromatic carbocycles. The van der Waals surface area contributed by atoms with Crippen LogP contribution in [0.3, 0.4) is 0 Å². The highest BCUT2D eigenvalue weighted by molar-refractivity contribution is 6.06. The smallest absolute Gasteiger partial charge is 0.255 e. The number of aryl methyl sites for hydroxylation is 1. The first-order chi connectivity index (χ1) is 10.0. The Kier molecular flexibility index (Phi) is 3.27. The fraction of sp³-hybridized carbons (Fsp3) is 0.438. The lowest BCUT2D eigenvalue weighted by atomic mass is 9.97. The molecule has 3 amide bonds. The average molecular weight is 286 g/mol. The van der Waals surface area contributed by atoms with E-state index in [1.165, 1.54) is 0 Å². The van der Waals surface area contributed by atoms with Gasteiger partial charge in [-0.25, -0.2) is 0 Å². The molecule has 3 rings (SSSR count). The molecule has 110 valence electrons. The lowest BCUT2D eigenvalue weighted by molar-refractivity contribution is -0.137. The number of benzene rings is 1. The third-order valence-electron chi connectivity index (χ3n) is 4.42.